The fourth-order valence-electron chi connectivity index (χ4n) is 1.94. The van der Waals surface area contributed by atoms with Crippen LogP contribution in [0.25, 0.3) is 0 Å². The number of methoxy groups -OCH3 is 1. The fourth-order valence-corrected chi connectivity index (χ4v) is 1.94. The van der Waals surface area contributed by atoms with Gasteiger partial charge in [0.25, 0.3) is 0 Å². The molecule has 1 rings (SSSR count). The molecule has 0 aliphatic heterocycles. The monoisotopic (exact) mass is 251 g/mol. The molecule has 0 aromatic heterocycles. The molecule has 0 amide bonds. The Morgan fingerprint density at radius 2 is 2.11 bits per heavy atom. The number of rotatable bonds is 6. The normalized spacial score (nSPS) is 10.7. The second-order valence-electron chi connectivity index (χ2n) is 4.58. The van der Waals surface area contributed by atoms with E-state index in [1.165, 1.54) is 0 Å². The van der Waals surface area contributed by atoms with Crippen LogP contribution >= 0.6 is 0 Å². The number of aromatic carboxylic acids is 1. The summed E-state index contributed by atoms with van der Waals surface area (Å²) < 4.78 is 5.10. The standard InChI is InChI=1S/C14H21NO3/c1-10(2)15(7-8-18-4)12-5-6-13(14(16)17)11(3)9-12/h5-6,9-10H,7-8H2,1-4H3,(H,16,17). The van der Waals surface area contributed by atoms with Crippen LogP contribution in [0.15, 0.2) is 18.2 Å². The molecule has 1 aromatic carbocycles. The Hall–Kier alpha value is -1.55. The number of nitrogens with zero attached hydrogens (tertiary/aromatic N) is 1. The van der Waals surface area contributed by atoms with E-state index in [9.17, 15) is 4.79 Å². The third-order valence-corrected chi connectivity index (χ3v) is 2.93. The van der Waals surface area contributed by atoms with Gasteiger partial charge in [0.1, 0.15) is 0 Å². The molecule has 4 nitrogen and oxygen atoms in total. The minimum Gasteiger partial charge on any atom is -0.478 e. The molecule has 0 spiro atoms. The van der Waals surface area contributed by atoms with Crippen molar-refractivity contribution < 1.29 is 14.6 Å². The van der Waals surface area contributed by atoms with Gasteiger partial charge in [-0.15, -0.1) is 0 Å². The number of anilines is 1. The van der Waals surface area contributed by atoms with Gasteiger partial charge in [0.2, 0.25) is 0 Å². The molecule has 18 heavy (non-hydrogen) atoms. The van der Waals surface area contributed by atoms with Crippen LogP contribution in [0, 0.1) is 6.92 Å². The number of carboxylic acid groups (broad SMARTS) is 1. The third-order valence-electron chi connectivity index (χ3n) is 2.93. The first-order chi connectivity index (χ1) is 8.47. The van der Waals surface area contributed by atoms with Gasteiger partial charge in [-0.3, -0.25) is 0 Å². The summed E-state index contributed by atoms with van der Waals surface area (Å²) in [6, 6.07) is 5.77. The van der Waals surface area contributed by atoms with Crippen molar-refractivity contribution in [3.8, 4) is 0 Å². The Labute approximate surface area is 108 Å². The molecule has 0 atom stereocenters. The topological polar surface area (TPSA) is 49.8 Å². The van der Waals surface area contributed by atoms with Crippen molar-refractivity contribution >= 4 is 11.7 Å². The van der Waals surface area contributed by atoms with E-state index in [0.717, 1.165) is 17.8 Å². The van der Waals surface area contributed by atoms with E-state index in [1.54, 1.807) is 13.2 Å². The highest BCUT2D eigenvalue weighted by atomic mass is 16.5. The average molecular weight is 251 g/mol. The molecule has 0 heterocycles. The van der Waals surface area contributed by atoms with Crippen molar-refractivity contribution in [3.63, 3.8) is 0 Å². The number of ether oxygens (including phenoxy) is 1. The van der Waals surface area contributed by atoms with E-state index >= 15 is 0 Å². The Balaban J connectivity index is 2.99. The molecule has 0 bridgehead atoms. The van der Waals surface area contributed by atoms with Gasteiger partial charge in [-0.05, 0) is 44.5 Å². The molecular weight excluding hydrogens is 230 g/mol. The van der Waals surface area contributed by atoms with E-state index < -0.39 is 5.97 Å². The van der Waals surface area contributed by atoms with Gasteiger partial charge in [-0.2, -0.15) is 0 Å². The predicted octanol–water partition coefficient (Wildman–Crippen LogP) is 2.55. The quantitative estimate of drug-likeness (QED) is 0.844. The molecule has 100 valence electrons. The first kappa shape index (κ1) is 14.5. The van der Waals surface area contributed by atoms with Crippen LogP contribution in [0.1, 0.15) is 29.8 Å². The maximum atomic E-state index is 11.0. The summed E-state index contributed by atoms with van der Waals surface area (Å²) in [5.74, 6) is -0.882. The van der Waals surface area contributed by atoms with E-state index in [2.05, 4.69) is 18.7 Å². The molecule has 4 heteroatoms. The highest BCUT2D eigenvalue weighted by molar-refractivity contribution is 5.89. The second kappa shape index (κ2) is 6.40. The summed E-state index contributed by atoms with van der Waals surface area (Å²) in [7, 11) is 1.68. The maximum Gasteiger partial charge on any atom is 0.335 e. The van der Waals surface area contributed by atoms with Crippen molar-refractivity contribution in [1.82, 2.24) is 0 Å². The number of carboxylic acids is 1. The molecule has 1 aromatic rings. The first-order valence-electron chi connectivity index (χ1n) is 6.07. The molecule has 0 unspecified atom stereocenters. The Morgan fingerprint density at radius 3 is 2.56 bits per heavy atom. The first-order valence-corrected chi connectivity index (χ1v) is 6.07. The highest BCUT2D eigenvalue weighted by Gasteiger charge is 2.13. The molecule has 0 aliphatic carbocycles. The third kappa shape index (κ3) is 3.47. The van der Waals surface area contributed by atoms with Crippen molar-refractivity contribution in [2.24, 2.45) is 0 Å². The van der Waals surface area contributed by atoms with Crippen LogP contribution < -0.4 is 4.90 Å². The summed E-state index contributed by atoms with van der Waals surface area (Å²) in [6.07, 6.45) is 0. The molecule has 0 aliphatic rings. The summed E-state index contributed by atoms with van der Waals surface area (Å²) in [4.78, 5) is 13.2. The van der Waals surface area contributed by atoms with E-state index in [0.29, 0.717) is 18.2 Å². The largest absolute Gasteiger partial charge is 0.478 e. The van der Waals surface area contributed by atoms with Crippen LogP contribution in [-0.2, 0) is 4.74 Å². The molecule has 0 saturated carbocycles. The van der Waals surface area contributed by atoms with Crippen LogP contribution in [0.4, 0.5) is 5.69 Å². The van der Waals surface area contributed by atoms with Crippen molar-refractivity contribution in [3.05, 3.63) is 29.3 Å². The molecule has 1 N–H and O–H groups in total. The number of hydrogen-bond acceptors (Lipinski definition) is 3. The lowest BCUT2D eigenvalue weighted by Gasteiger charge is -2.29. The van der Waals surface area contributed by atoms with Crippen molar-refractivity contribution in [1.29, 1.82) is 0 Å². The SMILES string of the molecule is COCCN(c1ccc(C(=O)O)c(C)c1)C(C)C. The molecule has 0 fully saturated rings. The van der Waals surface area contributed by atoms with Gasteiger partial charge in [0.05, 0.1) is 12.2 Å². The van der Waals surface area contributed by atoms with Crippen molar-refractivity contribution in [2.75, 3.05) is 25.2 Å². The van der Waals surface area contributed by atoms with Crippen LogP contribution in [-0.4, -0.2) is 37.4 Å². The van der Waals surface area contributed by atoms with Gasteiger partial charge >= 0.3 is 5.97 Å². The summed E-state index contributed by atoms with van der Waals surface area (Å²) in [5.41, 5.74) is 2.17. The molecule has 0 saturated heterocycles. The maximum absolute atomic E-state index is 11.0. The number of aryl methyl sites for hydroxylation is 1. The van der Waals surface area contributed by atoms with E-state index in [4.69, 9.17) is 9.84 Å². The lowest BCUT2D eigenvalue weighted by molar-refractivity contribution is 0.0696. The Morgan fingerprint density at radius 1 is 1.44 bits per heavy atom. The summed E-state index contributed by atoms with van der Waals surface area (Å²) in [5, 5.41) is 9.01. The van der Waals surface area contributed by atoms with Gasteiger partial charge in [0, 0.05) is 25.4 Å². The lowest BCUT2D eigenvalue weighted by atomic mass is 10.1. The van der Waals surface area contributed by atoms with E-state index in [1.807, 2.05) is 19.1 Å². The van der Waals surface area contributed by atoms with Gasteiger partial charge in [-0.25, -0.2) is 4.79 Å². The van der Waals surface area contributed by atoms with Gasteiger partial charge in [-0.1, -0.05) is 0 Å². The number of carbonyl (C=O) groups is 1. The molecular formula is C14H21NO3. The molecule has 0 radical (unpaired) electrons. The lowest BCUT2D eigenvalue weighted by Crippen LogP contribution is -2.33. The number of benzene rings is 1. The van der Waals surface area contributed by atoms with Crippen LogP contribution in [0.5, 0.6) is 0 Å². The summed E-state index contributed by atoms with van der Waals surface area (Å²) in [6.45, 7) is 7.48. The average Bonchev–Trinajstić information content (AvgIpc) is 2.28. The second-order valence-corrected chi connectivity index (χ2v) is 4.58. The van der Waals surface area contributed by atoms with Crippen LogP contribution in [0.2, 0.25) is 0 Å². The zero-order valence-electron chi connectivity index (χ0n) is 11.4. The number of hydrogen-bond donors (Lipinski definition) is 1. The Kier molecular flexibility index (Phi) is 5.16. The highest BCUT2D eigenvalue weighted by Crippen LogP contribution is 2.21. The van der Waals surface area contributed by atoms with Crippen LogP contribution in [0.3, 0.4) is 0 Å². The minimum atomic E-state index is -0.882. The van der Waals surface area contributed by atoms with E-state index in [-0.39, 0.29) is 0 Å². The van der Waals surface area contributed by atoms with Gasteiger partial charge < -0.3 is 14.7 Å². The zero-order valence-corrected chi connectivity index (χ0v) is 11.4. The van der Waals surface area contributed by atoms with Crippen molar-refractivity contribution in [2.45, 2.75) is 26.8 Å². The Bertz CT molecular complexity index is 416. The predicted molar refractivity (Wildman–Crippen MR) is 72.5 cm³/mol. The van der Waals surface area contributed by atoms with Gasteiger partial charge in [0.15, 0.2) is 0 Å². The minimum absolute atomic E-state index is 0.343. The fraction of sp³-hybridized carbons (Fsp3) is 0.500. The summed E-state index contributed by atoms with van der Waals surface area (Å²) >= 11 is 0. The zero-order chi connectivity index (χ0) is 13.7. The smallest absolute Gasteiger partial charge is 0.335 e.